The van der Waals surface area contributed by atoms with Crippen LogP contribution in [0, 0.1) is 0 Å². The smallest absolute Gasteiger partial charge is 0.125 e. The molecule has 0 aromatic heterocycles. The van der Waals surface area contributed by atoms with Crippen LogP contribution in [0.3, 0.4) is 0 Å². The van der Waals surface area contributed by atoms with Gasteiger partial charge in [-0.1, -0.05) is 19.8 Å². The number of rotatable bonds is 7. The highest BCUT2D eigenvalue weighted by Gasteiger charge is 2.11. The van der Waals surface area contributed by atoms with Gasteiger partial charge in [0.05, 0.1) is 17.5 Å². The summed E-state index contributed by atoms with van der Waals surface area (Å²) >= 11 is 0. The molecule has 0 heterocycles. The third-order valence-electron chi connectivity index (χ3n) is 2.46. The second kappa shape index (κ2) is 6.53. The zero-order valence-electron chi connectivity index (χ0n) is 10.4. The summed E-state index contributed by atoms with van der Waals surface area (Å²) in [6.07, 6.45) is 2.79. The van der Waals surface area contributed by atoms with E-state index in [1.165, 1.54) is 6.07 Å². The monoisotopic (exact) mass is 286 g/mol. The molecule has 0 saturated heterocycles. The fourth-order valence-electron chi connectivity index (χ4n) is 1.52. The Kier molecular flexibility index (Phi) is 5.31. The van der Waals surface area contributed by atoms with Crippen LogP contribution < -0.4 is 9.84 Å². The van der Waals surface area contributed by atoms with Gasteiger partial charge in [0.15, 0.2) is 0 Å². The first-order valence-electron chi connectivity index (χ1n) is 5.80. The van der Waals surface area contributed by atoms with Crippen molar-refractivity contribution in [2.75, 3.05) is 6.61 Å². The molecule has 0 aliphatic rings. The number of carboxylic acid groups (broad SMARTS) is 1. The molecule has 0 amide bonds. The predicted octanol–water partition coefficient (Wildman–Crippen LogP) is 0.523. The van der Waals surface area contributed by atoms with Gasteiger partial charge in [0, 0.05) is 5.56 Å². The minimum absolute atomic E-state index is 0.197. The Hall–Kier alpha value is -1.60. The van der Waals surface area contributed by atoms with Crippen molar-refractivity contribution >= 4 is 16.1 Å². The van der Waals surface area contributed by atoms with Gasteiger partial charge in [0.25, 0.3) is 0 Å². The zero-order chi connectivity index (χ0) is 14.5. The lowest BCUT2D eigenvalue weighted by molar-refractivity contribution is -0.255. The standard InChI is InChI=1S/C12H16O6S/c1-2-3-4-7-18-9-5-6-11(19(15,16)17)10(8-9)12(13)14/h5-6,8H,2-4,7H2,1H3,(H,13,14)(H,15,16,17)/p-2. The molecule has 0 aliphatic carbocycles. The number of hydrogen-bond donors (Lipinski definition) is 0. The van der Waals surface area contributed by atoms with Crippen molar-refractivity contribution in [1.29, 1.82) is 0 Å². The molecule has 0 bridgehead atoms. The Bertz CT molecular complexity index is 549. The number of ether oxygens (including phenoxy) is 1. The average Bonchev–Trinajstić information content (AvgIpc) is 2.33. The van der Waals surface area contributed by atoms with Crippen LogP contribution in [0.25, 0.3) is 0 Å². The number of carbonyl (C=O) groups is 1. The lowest BCUT2D eigenvalue weighted by atomic mass is 10.2. The number of unbranched alkanes of at least 4 members (excludes halogenated alkanes) is 2. The van der Waals surface area contributed by atoms with E-state index in [0.29, 0.717) is 6.61 Å². The van der Waals surface area contributed by atoms with E-state index in [4.69, 9.17) is 4.74 Å². The Morgan fingerprint density at radius 3 is 2.53 bits per heavy atom. The average molecular weight is 286 g/mol. The Morgan fingerprint density at radius 1 is 1.32 bits per heavy atom. The van der Waals surface area contributed by atoms with Gasteiger partial charge in [0.2, 0.25) is 0 Å². The van der Waals surface area contributed by atoms with E-state index in [2.05, 4.69) is 0 Å². The van der Waals surface area contributed by atoms with E-state index < -0.39 is 26.5 Å². The fourth-order valence-corrected chi connectivity index (χ4v) is 2.16. The molecule has 0 aliphatic heterocycles. The largest absolute Gasteiger partial charge is 0.744 e. The van der Waals surface area contributed by atoms with Gasteiger partial charge in [0.1, 0.15) is 15.9 Å². The maximum atomic E-state index is 10.9. The quantitative estimate of drug-likeness (QED) is 0.534. The van der Waals surface area contributed by atoms with E-state index in [0.717, 1.165) is 31.4 Å². The first-order valence-corrected chi connectivity index (χ1v) is 7.21. The second-order valence-electron chi connectivity index (χ2n) is 3.96. The van der Waals surface area contributed by atoms with Crippen molar-refractivity contribution in [2.45, 2.75) is 31.1 Å². The van der Waals surface area contributed by atoms with Gasteiger partial charge < -0.3 is 19.2 Å². The van der Waals surface area contributed by atoms with E-state index in [-0.39, 0.29) is 5.75 Å². The summed E-state index contributed by atoms with van der Waals surface area (Å²) in [5.41, 5.74) is -0.678. The summed E-state index contributed by atoms with van der Waals surface area (Å²) in [7, 11) is -4.85. The van der Waals surface area contributed by atoms with Crippen molar-refractivity contribution in [3.8, 4) is 5.75 Å². The maximum Gasteiger partial charge on any atom is 0.125 e. The van der Waals surface area contributed by atoms with Crippen LogP contribution in [0.4, 0.5) is 0 Å². The van der Waals surface area contributed by atoms with Crippen molar-refractivity contribution < 1.29 is 27.6 Å². The van der Waals surface area contributed by atoms with Crippen LogP contribution in [0.5, 0.6) is 5.75 Å². The Labute approximate surface area is 111 Å². The van der Waals surface area contributed by atoms with Crippen LogP contribution in [0.2, 0.25) is 0 Å². The molecule has 0 radical (unpaired) electrons. The highest BCUT2D eigenvalue weighted by molar-refractivity contribution is 7.85. The lowest BCUT2D eigenvalue weighted by Gasteiger charge is -2.15. The minimum atomic E-state index is -4.85. The summed E-state index contributed by atoms with van der Waals surface area (Å²) in [4.78, 5) is 10.0. The summed E-state index contributed by atoms with van der Waals surface area (Å²) in [6, 6.07) is 3.16. The zero-order valence-corrected chi connectivity index (χ0v) is 11.2. The molecule has 0 N–H and O–H groups in total. The van der Waals surface area contributed by atoms with Gasteiger partial charge in [-0.15, -0.1) is 0 Å². The molecular weight excluding hydrogens is 272 g/mol. The van der Waals surface area contributed by atoms with Crippen LogP contribution in [-0.2, 0) is 10.1 Å². The molecule has 106 valence electrons. The number of aromatic carboxylic acids is 1. The minimum Gasteiger partial charge on any atom is -0.744 e. The summed E-state index contributed by atoms with van der Waals surface area (Å²) in [5.74, 6) is -1.53. The van der Waals surface area contributed by atoms with E-state index in [9.17, 15) is 22.9 Å². The van der Waals surface area contributed by atoms with E-state index in [1.54, 1.807) is 0 Å². The SMILES string of the molecule is CCCCCOc1ccc(S(=O)(=O)[O-])c(C(=O)[O-])c1. The first kappa shape index (κ1) is 15.5. The number of carboxylic acids is 1. The fraction of sp³-hybridized carbons (Fsp3) is 0.417. The van der Waals surface area contributed by atoms with Gasteiger partial charge in [-0.25, -0.2) is 8.42 Å². The molecule has 0 atom stereocenters. The Balaban J connectivity index is 2.94. The highest BCUT2D eigenvalue weighted by atomic mass is 32.2. The molecule has 1 rings (SSSR count). The van der Waals surface area contributed by atoms with Crippen LogP contribution in [-0.4, -0.2) is 25.5 Å². The van der Waals surface area contributed by atoms with Crippen LogP contribution >= 0.6 is 0 Å². The molecule has 1 aromatic rings. The number of hydrogen-bond acceptors (Lipinski definition) is 6. The van der Waals surface area contributed by atoms with E-state index in [1.807, 2.05) is 6.92 Å². The molecule has 1 aromatic carbocycles. The summed E-state index contributed by atoms with van der Waals surface area (Å²) < 4.78 is 37.9. The summed E-state index contributed by atoms with van der Waals surface area (Å²) in [5, 5.41) is 10.8. The van der Waals surface area contributed by atoms with Crippen molar-refractivity contribution in [3.05, 3.63) is 23.8 Å². The van der Waals surface area contributed by atoms with Gasteiger partial charge in [-0.2, -0.15) is 0 Å². The van der Waals surface area contributed by atoms with Crippen LogP contribution in [0.15, 0.2) is 23.1 Å². The van der Waals surface area contributed by atoms with Crippen molar-refractivity contribution in [2.24, 2.45) is 0 Å². The number of carbonyl (C=O) groups excluding carboxylic acids is 1. The third-order valence-corrected chi connectivity index (χ3v) is 3.35. The molecule has 19 heavy (non-hydrogen) atoms. The lowest BCUT2D eigenvalue weighted by Crippen LogP contribution is -2.24. The third kappa shape index (κ3) is 4.53. The maximum absolute atomic E-state index is 10.9. The molecule has 6 nitrogen and oxygen atoms in total. The molecule has 0 unspecified atom stereocenters. The molecule has 0 spiro atoms. The topological polar surface area (TPSA) is 107 Å². The molecule has 0 saturated carbocycles. The van der Waals surface area contributed by atoms with Crippen molar-refractivity contribution in [1.82, 2.24) is 0 Å². The van der Waals surface area contributed by atoms with Crippen LogP contribution in [0.1, 0.15) is 36.5 Å². The molecular formula is C12H14O6S-2. The number of benzene rings is 1. The van der Waals surface area contributed by atoms with Gasteiger partial charge in [-0.05, 0) is 24.6 Å². The highest BCUT2D eigenvalue weighted by Crippen LogP contribution is 2.21. The normalized spacial score (nSPS) is 11.3. The van der Waals surface area contributed by atoms with E-state index >= 15 is 0 Å². The van der Waals surface area contributed by atoms with Crippen molar-refractivity contribution in [3.63, 3.8) is 0 Å². The van der Waals surface area contributed by atoms with Gasteiger partial charge in [-0.3, -0.25) is 0 Å². The Morgan fingerprint density at radius 2 is 2.00 bits per heavy atom. The molecule has 0 fully saturated rings. The first-order chi connectivity index (χ1) is 8.86. The van der Waals surface area contributed by atoms with Gasteiger partial charge >= 0.3 is 0 Å². The second-order valence-corrected chi connectivity index (χ2v) is 5.30. The summed E-state index contributed by atoms with van der Waals surface area (Å²) in [6.45, 7) is 2.42. The predicted molar refractivity (Wildman–Crippen MR) is 63.8 cm³/mol. The molecule has 7 heteroatoms.